The summed E-state index contributed by atoms with van der Waals surface area (Å²) in [7, 11) is 0. The molecule has 3 N–H and O–H groups in total. The second-order valence-electron chi connectivity index (χ2n) is 5.00. The van der Waals surface area contributed by atoms with E-state index in [1.807, 2.05) is 25.1 Å². The number of halogens is 1. The van der Waals surface area contributed by atoms with E-state index in [2.05, 4.69) is 21.2 Å². The molecule has 3 rings (SSSR count). The number of carbonyl (C=O) groups excluding carboxylic acids is 1. The van der Waals surface area contributed by atoms with Crippen LogP contribution >= 0.6 is 27.3 Å². The SMILES string of the molecule is Cc1cc(Br)cc(NC(=O)c2cc3c(s2)CCOC3)c1N. The topological polar surface area (TPSA) is 64.3 Å². The lowest BCUT2D eigenvalue weighted by atomic mass is 10.1. The molecular weight excluding hydrogens is 352 g/mol. The predicted octanol–water partition coefficient (Wildman–Crippen LogP) is 3.73. The molecule has 0 unspecified atom stereocenters. The lowest BCUT2D eigenvalue weighted by molar-refractivity contribution is 0.102. The average Bonchev–Trinajstić information content (AvgIpc) is 2.88. The normalized spacial score (nSPS) is 13.8. The molecule has 0 saturated heterocycles. The Morgan fingerprint density at radius 1 is 1.43 bits per heavy atom. The molecule has 2 aromatic rings. The number of rotatable bonds is 2. The van der Waals surface area contributed by atoms with E-state index < -0.39 is 0 Å². The summed E-state index contributed by atoms with van der Waals surface area (Å²) in [6, 6.07) is 5.65. The Labute approximate surface area is 135 Å². The number of benzene rings is 1. The molecule has 6 heteroatoms. The largest absolute Gasteiger partial charge is 0.397 e. The Bertz CT molecular complexity index is 688. The zero-order chi connectivity index (χ0) is 15.0. The summed E-state index contributed by atoms with van der Waals surface area (Å²) < 4.78 is 6.30. The fourth-order valence-corrected chi connectivity index (χ4v) is 3.92. The van der Waals surface area contributed by atoms with Gasteiger partial charge in [0.15, 0.2) is 0 Å². The highest BCUT2D eigenvalue weighted by Crippen LogP contribution is 2.30. The smallest absolute Gasteiger partial charge is 0.265 e. The minimum absolute atomic E-state index is 0.126. The van der Waals surface area contributed by atoms with E-state index in [0.717, 1.165) is 28.6 Å². The van der Waals surface area contributed by atoms with Gasteiger partial charge in [-0.05, 0) is 36.2 Å². The van der Waals surface area contributed by atoms with Crippen molar-refractivity contribution in [2.75, 3.05) is 17.7 Å². The van der Waals surface area contributed by atoms with E-state index in [4.69, 9.17) is 10.5 Å². The zero-order valence-electron chi connectivity index (χ0n) is 11.5. The summed E-state index contributed by atoms with van der Waals surface area (Å²) in [5.74, 6) is -0.126. The summed E-state index contributed by atoms with van der Waals surface area (Å²) in [4.78, 5) is 14.3. The highest BCUT2D eigenvalue weighted by atomic mass is 79.9. The number of aryl methyl sites for hydroxylation is 1. The number of carbonyl (C=O) groups is 1. The van der Waals surface area contributed by atoms with E-state index in [-0.39, 0.29) is 5.91 Å². The van der Waals surface area contributed by atoms with Crippen LogP contribution in [0.1, 0.15) is 25.7 Å². The van der Waals surface area contributed by atoms with Crippen molar-refractivity contribution < 1.29 is 9.53 Å². The van der Waals surface area contributed by atoms with E-state index in [1.165, 1.54) is 16.2 Å². The summed E-state index contributed by atoms with van der Waals surface area (Å²) in [5.41, 5.74) is 9.30. The van der Waals surface area contributed by atoms with Crippen LogP contribution < -0.4 is 11.1 Å². The van der Waals surface area contributed by atoms with Gasteiger partial charge < -0.3 is 15.8 Å². The molecular formula is C15H15BrN2O2S. The van der Waals surface area contributed by atoms with Gasteiger partial charge in [0.1, 0.15) is 0 Å². The van der Waals surface area contributed by atoms with Crippen LogP contribution in [0.2, 0.25) is 0 Å². The van der Waals surface area contributed by atoms with Gasteiger partial charge in [-0.25, -0.2) is 0 Å². The lowest BCUT2D eigenvalue weighted by Gasteiger charge is -2.10. The van der Waals surface area contributed by atoms with Crippen molar-refractivity contribution >= 4 is 44.5 Å². The van der Waals surface area contributed by atoms with Gasteiger partial charge in [-0.1, -0.05) is 15.9 Å². The number of nitrogen functional groups attached to an aromatic ring is 1. The Balaban J connectivity index is 1.85. The van der Waals surface area contributed by atoms with E-state index in [9.17, 15) is 4.79 Å². The first-order chi connectivity index (χ1) is 10.0. The first kappa shape index (κ1) is 14.6. The molecule has 1 aromatic heterocycles. The molecule has 1 aromatic carbocycles. The number of fused-ring (bicyclic) bond motifs is 1. The maximum Gasteiger partial charge on any atom is 0.265 e. The van der Waals surface area contributed by atoms with Crippen LogP contribution in [0.3, 0.4) is 0 Å². The van der Waals surface area contributed by atoms with Gasteiger partial charge in [0.25, 0.3) is 5.91 Å². The van der Waals surface area contributed by atoms with Crippen LogP contribution in [0.4, 0.5) is 11.4 Å². The van der Waals surface area contributed by atoms with Crippen LogP contribution in [0.5, 0.6) is 0 Å². The molecule has 0 saturated carbocycles. The number of ether oxygens (including phenoxy) is 1. The van der Waals surface area contributed by atoms with Crippen LogP contribution in [-0.4, -0.2) is 12.5 Å². The molecule has 110 valence electrons. The van der Waals surface area contributed by atoms with Crippen LogP contribution in [-0.2, 0) is 17.8 Å². The molecule has 2 heterocycles. The fraction of sp³-hybridized carbons (Fsp3) is 0.267. The molecule has 4 nitrogen and oxygen atoms in total. The number of nitrogens with two attached hydrogens (primary N) is 1. The highest BCUT2D eigenvalue weighted by molar-refractivity contribution is 9.10. The van der Waals surface area contributed by atoms with Crippen LogP contribution in [0, 0.1) is 6.92 Å². The first-order valence-electron chi connectivity index (χ1n) is 6.61. The minimum Gasteiger partial charge on any atom is -0.397 e. The van der Waals surface area contributed by atoms with Gasteiger partial charge in [-0.2, -0.15) is 0 Å². The Kier molecular flexibility index (Phi) is 4.01. The third-order valence-corrected chi connectivity index (χ3v) is 5.14. The molecule has 0 bridgehead atoms. The first-order valence-corrected chi connectivity index (χ1v) is 8.22. The average molecular weight is 367 g/mol. The van der Waals surface area contributed by atoms with Crippen molar-refractivity contribution in [2.45, 2.75) is 20.0 Å². The summed E-state index contributed by atoms with van der Waals surface area (Å²) in [6.07, 6.45) is 0.880. The monoisotopic (exact) mass is 366 g/mol. The lowest BCUT2D eigenvalue weighted by Crippen LogP contribution is -2.12. The molecule has 1 aliphatic rings. The van der Waals surface area contributed by atoms with Crippen molar-refractivity contribution in [3.63, 3.8) is 0 Å². The number of thiophene rings is 1. The minimum atomic E-state index is -0.126. The second-order valence-corrected chi connectivity index (χ2v) is 7.05. The molecule has 0 aliphatic carbocycles. The van der Waals surface area contributed by atoms with Gasteiger partial charge >= 0.3 is 0 Å². The molecule has 1 amide bonds. The predicted molar refractivity (Wildman–Crippen MR) is 88.9 cm³/mol. The van der Waals surface area contributed by atoms with Gasteiger partial charge in [-0.15, -0.1) is 11.3 Å². The Hall–Kier alpha value is -1.37. The highest BCUT2D eigenvalue weighted by Gasteiger charge is 2.18. The molecule has 0 spiro atoms. The maximum absolute atomic E-state index is 12.4. The van der Waals surface area contributed by atoms with E-state index in [1.54, 1.807) is 0 Å². The fourth-order valence-electron chi connectivity index (χ4n) is 2.30. The van der Waals surface area contributed by atoms with Gasteiger partial charge in [0.2, 0.25) is 0 Å². The number of nitrogens with one attached hydrogen (secondary N) is 1. The van der Waals surface area contributed by atoms with Crippen LogP contribution in [0.25, 0.3) is 0 Å². The van der Waals surface area contributed by atoms with E-state index in [0.29, 0.717) is 22.9 Å². The molecule has 21 heavy (non-hydrogen) atoms. The van der Waals surface area contributed by atoms with Crippen molar-refractivity contribution in [3.8, 4) is 0 Å². The Morgan fingerprint density at radius 3 is 3.00 bits per heavy atom. The van der Waals surface area contributed by atoms with Crippen molar-refractivity contribution in [1.29, 1.82) is 0 Å². The second kappa shape index (κ2) is 5.79. The zero-order valence-corrected chi connectivity index (χ0v) is 13.9. The number of amides is 1. The summed E-state index contributed by atoms with van der Waals surface area (Å²) >= 11 is 4.95. The third-order valence-electron chi connectivity index (χ3n) is 3.45. The van der Waals surface area contributed by atoms with Gasteiger partial charge in [0.05, 0.1) is 29.5 Å². The van der Waals surface area contributed by atoms with Crippen molar-refractivity contribution in [2.24, 2.45) is 0 Å². The van der Waals surface area contributed by atoms with Crippen molar-refractivity contribution in [1.82, 2.24) is 0 Å². The summed E-state index contributed by atoms with van der Waals surface area (Å²) in [5, 5.41) is 2.89. The summed E-state index contributed by atoms with van der Waals surface area (Å²) in [6.45, 7) is 3.24. The van der Waals surface area contributed by atoms with Crippen molar-refractivity contribution in [3.05, 3.63) is 43.6 Å². The van der Waals surface area contributed by atoms with Gasteiger partial charge in [0, 0.05) is 15.8 Å². The van der Waals surface area contributed by atoms with Crippen LogP contribution in [0.15, 0.2) is 22.7 Å². The maximum atomic E-state index is 12.4. The quantitative estimate of drug-likeness (QED) is 0.795. The standard InChI is InChI=1S/C15H15BrN2O2S/c1-8-4-10(16)6-11(14(8)17)18-15(19)13-5-9-7-20-3-2-12(9)21-13/h4-6H,2-3,7,17H2,1H3,(H,18,19). The molecule has 0 fully saturated rings. The Morgan fingerprint density at radius 2 is 2.24 bits per heavy atom. The molecule has 1 aliphatic heterocycles. The number of anilines is 2. The number of hydrogen-bond donors (Lipinski definition) is 2. The molecule has 0 radical (unpaired) electrons. The van der Waals surface area contributed by atoms with Gasteiger partial charge in [-0.3, -0.25) is 4.79 Å². The number of hydrogen-bond acceptors (Lipinski definition) is 4. The molecule has 0 atom stereocenters. The third kappa shape index (κ3) is 2.97. The van der Waals surface area contributed by atoms with E-state index >= 15 is 0 Å².